The number of carbonyl (C=O) groups excluding carboxylic acids is 4. The van der Waals surface area contributed by atoms with E-state index < -0.39 is 6.04 Å². The molecular weight excluding hydrogens is 502 g/mol. The Labute approximate surface area is 236 Å². The van der Waals surface area contributed by atoms with Gasteiger partial charge in [0.2, 0.25) is 23.6 Å². The zero-order valence-corrected chi connectivity index (χ0v) is 23.3. The molecule has 3 atom stereocenters. The molecule has 1 N–H and O–H groups in total. The van der Waals surface area contributed by atoms with E-state index in [-0.39, 0.29) is 61.0 Å². The maximum Gasteiger partial charge on any atom is 0.243 e. The van der Waals surface area contributed by atoms with Gasteiger partial charge in [0.1, 0.15) is 6.04 Å². The predicted molar refractivity (Wildman–Crippen MR) is 153 cm³/mol. The molecule has 1 saturated carbocycles. The van der Waals surface area contributed by atoms with Crippen molar-refractivity contribution < 1.29 is 19.2 Å². The van der Waals surface area contributed by atoms with E-state index in [9.17, 15) is 19.2 Å². The average Bonchev–Trinajstić information content (AvgIpc) is 3.57. The molecule has 1 saturated heterocycles. The highest BCUT2D eigenvalue weighted by molar-refractivity contribution is 6.05. The largest absolute Gasteiger partial charge is 0.352 e. The van der Waals surface area contributed by atoms with E-state index in [1.807, 2.05) is 73.7 Å². The van der Waals surface area contributed by atoms with Gasteiger partial charge >= 0.3 is 0 Å². The van der Waals surface area contributed by atoms with E-state index >= 15 is 0 Å². The minimum atomic E-state index is -0.714. The van der Waals surface area contributed by atoms with Gasteiger partial charge in [0.25, 0.3) is 0 Å². The van der Waals surface area contributed by atoms with Crippen molar-refractivity contribution in [3.8, 4) is 0 Å². The van der Waals surface area contributed by atoms with Gasteiger partial charge in [-0.05, 0) is 43.7 Å². The van der Waals surface area contributed by atoms with Crippen LogP contribution in [-0.2, 0) is 32.1 Å². The van der Waals surface area contributed by atoms with Gasteiger partial charge in [-0.2, -0.15) is 0 Å². The second-order valence-corrected chi connectivity index (χ2v) is 11.4. The van der Waals surface area contributed by atoms with Crippen molar-refractivity contribution >= 4 is 23.6 Å². The summed E-state index contributed by atoms with van der Waals surface area (Å²) in [6, 6.07) is 17.1. The summed E-state index contributed by atoms with van der Waals surface area (Å²) >= 11 is 0. The number of likely N-dealkylation sites (tertiary alicyclic amines) is 1. The molecule has 0 spiro atoms. The highest BCUT2D eigenvalue weighted by Crippen LogP contribution is 2.35. The molecule has 210 valence electrons. The van der Waals surface area contributed by atoms with Crippen molar-refractivity contribution in [2.75, 3.05) is 6.54 Å². The first-order valence-corrected chi connectivity index (χ1v) is 14.6. The first-order chi connectivity index (χ1) is 19.4. The lowest BCUT2D eigenvalue weighted by Crippen LogP contribution is -2.52. The second-order valence-electron chi connectivity index (χ2n) is 11.4. The van der Waals surface area contributed by atoms with Crippen molar-refractivity contribution in [2.45, 2.75) is 76.9 Å². The summed E-state index contributed by atoms with van der Waals surface area (Å²) in [7, 11) is 0. The van der Waals surface area contributed by atoms with E-state index in [1.54, 1.807) is 4.90 Å². The molecular formula is C33H39N3O4. The van der Waals surface area contributed by atoms with Crippen LogP contribution in [0.5, 0.6) is 0 Å². The molecule has 1 heterocycles. The van der Waals surface area contributed by atoms with Crippen molar-refractivity contribution in [3.05, 3.63) is 83.4 Å². The maximum atomic E-state index is 14.0. The number of carbonyl (C=O) groups is 4. The summed E-state index contributed by atoms with van der Waals surface area (Å²) in [5.74, 6) is -1.40. The fraction of sp³-hybridized carbons (Fsp3) is 0.455. The molecule has 3 aliphatic rings. The molecule has 0 bridgehead atoms. The third kappa shape index (κ3) is 6.35. The Bertz CT molecular complexity index is 1220. The van der Waals surface area contributed by atoms with Gasteiger partial charge in [0, 0.05) is 32.0 Å². The van der Waals surface area contributed by atoms with Crippen molar-refractivity contribution in [1.82, 2.24) is 15.1 Å². The zero-order valence-electron chi connectivity index (χ0n) is 23.3. The van der Waals surface area contributed by atoms with Crippen LogP contribution in [0.4, 0.5) is 0 Å². The fourth-order valence-electron chi connectivity index (χ4n) is 6.25. The van der Waals surface area contributed by atoms with Crippen LogP contribution < -0.4 is 5.32 Å². The lowest BCUT2D eigenvalue weighted by Gasteiger charge is -2.33. The van der Waals surface area contributed by atoms with Crippen LogP contribution in [0.2, 0.25) is 0 Å². The molecule has 2 fully saturated rings. The normalized spacial score (nSPS) is 21.4. The number of hydrogen-bond donors (Lipinski definition) is 1. The van der Waals surface area contributed by atoms with Crippen molar-refractivity contribution in [1.29, 1.82) is 0 Å². The number of nitrogens with zero attached hydrogens (tertiary/aromatic N) is 2. The molecule has 2 aliphatic carbocycles. The minimum Gasteiger partial charge on any atom is -0.352 e. The Balaban J connectivity index is 1.38. The van der Waals surface area contributed by atoms with Crippen LogP contribution >= 0.6 is 0 Å². The topological polar surface area (TPSA) is 86.8 Å². The molecule has 7 nitrogen and oxygen atoms in total. The second kappa shape index (κ2) is 12.6. The van der Waals surface area contributed by atoms with Crippen LogP contribution in [0.3, 0.4) is 0 Å². The fourth-order valence-corrected chi connectivity index (χ4v) is 6.25. The third-order valence-corrected chi connectivity index (χ3v) is 8.59. The molecule has 4 amide bonds. The number of hydrogen-bond acceptors (Lipinski definition) is 4. The van der Waals surface area contributed by atoms with Crippen LogP contribution in [-0.4, -0.2) is 52.1 Å². The molecule has 40 heavy (non-hydrogen) atoms. The number of benzene rings is 2. The Hall–Kier alpha value is -3.74. The van der Waals surface area contributed by atoms with Gasteiger partial charge in [-0.25, -0.2) is 0 Å². The van der Waals surface area contributed by atoms with E-state index in [4.69, 9.17) is 0 Å². The maximum absolute atomic E-state index is 14.0. The van der Waals surface area contributed by atoms with Crippen LogP contribution in [0.25, 0.3) is 0 Å². The van der Waals surface area contributed by atoms with Gasteiger partial charge in [-0.15, -0.1) is 0 Å². The summed E-state index contributed by atoms with van der Waals surface area (Å²) in [6.45, 7) is 2.32. The lowest BCUT2D eigenvalue weighted by molar-refractivity contribution is -0.144. The van der Waals surface area contributed by atoms with Crippen LogP contribution in [0, 0.1) is 18.8 Å². The minimum absolute atomic E-state index is 0.0157. The Morgan fingerprint density at radius 1 is 0.900 bits per heavy atom. The number of imide groups is 1. The summed E-state index contributed by atoms with van der Waals surface area (Å²) in [6.07, 6.45) is 9.51. The smallest absolute Gasteiger partial charge is 0.243 e. The molecule has 0 aromatic heterocycles. The van der Waals surface area contributed by atoms with Crippen LogP contribution in [0.1, 0.15) is 61.6 Å². The van der Waals surface area contributed by atoms with Gasteiger partial charge in [0.15, 0.2) is 0 Å². The van der Waals surface area contributed by atoms with Gasteiger partial charge in [-0.1, -0.05) is 85.2 Å². The number of rotatable bonds is 10. The zero-order chi connectivity index (χ0) is 28.1. The van der Waals surface area contributed by atoms with E-state index in [0.29, 0.717) is 19.3 Å². The molecule has 5 rings (SSSR count). The summed E-state index contributed by atoms with van der Waals surface area (Å²) in [5, 5.41) is 3.22. The SMILES string of the molecule is Cc1ccc(CN(C(=O)CCN2C(=O)[C@H]3CC=CC[C@H]3C2=O)[C@@H](Cc2ccccc2)C(=O)NC2CCCC2)cc1. The third-order valence-electron chi connectivity index (χ3n) is 8.59. The van der Waals surface area contributed by atoms with E-state index in [0.717, 1.165) is 42.4 Å². The van der Waals surface area contributed by atoms with Gasteiger partial charge in [0.05, 0.1) is 11.8 Å². The number of aryl methyl sites for hydroxylation is 1. The van der Waals surface area contributed by atoms with Crippen LogP contribution in [0.15, 0.2) is 66.7 Å². The predicted octanol–water partition coefficient (Wildman–Crippen LogP) is 4.34. The van der Waals surface area contributed by atoms with E-state index in [2.05, 4.69) is 5.32 Å². The number of amides is 4. The standard InChI is InChI=1S/C33H39N3O4/c1-23-15-17-25(18-16-23)22-36(30(37)19-20-35-32(39)27-13-7-8-14-28(27)33(35)40)29(21-24-9-3-2-4-10-24)31(38)34-26-11-5-6-12-26/h2-4,7-10,15-18,26-29H,5-6,11-14,19-22H2,1H3,(H,34,38)/t27-,28+,29-/m0/s1. The first-order valence-electron chi connectivity index (χ1n) is 14.6. The highest BCUT2D eigenvalue weighted by atomic mass is 16.2. The van der Waals surface area contributed by atoms with E-state index in [1.165, 1.54) is 4.90 Å². The molecule has 0 unspecified atom stereocenters. The summed E-state index contributed by atoms with van der Waals surface area (Å²) in [5.41, 5.74) is 3.01. The number of allylic oxidation sites excluding steroid dienone is 2. The number of fused-ring (bicyclic) bond motifs is 1. The molecule has 2 aromatic rings. The Kier molecular flexibility index (Phi) is 8.78. The number of nitrogens with one attached hydrogen (secondary N) is 1. The monoisotopic (exact) mass is 541 g/mol. The molecule has 0 radical (unpaired) electrons. The van der Waals surface area contributed by atoms with Gasteiger partial charge < -0.3 is 10.2 Å². The quantitative estimate of drug-likeness (QED) is 0.358. The average molecular weight is 542 g/mol. The van der Waals surface area contributed by atoms with Crippen molar-refractivity contribution in [3.63, 3.8) is 0 Å². The van der Waals surface area contributed by atoms with Crippen molar-refractivity contribution in [2.24, 2.45) is 11.8 Å². The molecule has 2 aromatic carbocycles. The Morgan fingerprint density at radius 3 is 2.15 bits per heavy atom. The van der Waals surface area contributed by atoms with Gasteiger partial charge in [-0.3, -0.25) is 24.1 Å². The molecule has 7 heteroatoms. The summed E-state index contributed by atoms with van der Waals surface area (Å²) < 4.78 is 0. The first kappa shape index (κ1) is 27.8. The highest BCUT2D eigenvalue weighted by Gasteiger charge is 2.47. The molecule has 1 aliphatic heterocycles. The lowest BCUT2D eigenvalue weighted by atomic mass is 9.85. The Morgan fingerprint density at radius 2 is 1.52 bits per heavy atom. The summed E-state index contributed by atoms with van der Waals surface area (Å²) in [4.78, 5) is 56.7.